The molecule has 0 aliphatic heterocycles. The number of carboxylic acid groups (broad SMARTS) is 1. The van der Waals surface area contributed by atoms with Crippen LogP contribution in [0.4, 0.5) is 0 Å². The van der Waals surface area contributed by atoms with Gasteiger partial charge in [0.15, 0.2) is 0 Å². The number of carboxylic acids is 1. The Kier molecular flexibility index (Phi) is 25.5. The summed E-state index contributed by atoms with van der Waals surface area (Å²) in [5, 5.41) is 8.35. The second-order valence-corrected chi connectivity index (χ2v) is 7.11. The summed E-state index contributed by atoms with van der Waals surface area (Å²) in [5.41, 5.74) is 0. The molecule has 0 rings (SSSR count). The highest BCUT2D eigenvalue weighted by Gasteiger charge is 1.96. The number of carbonyl (C=O) groups is 2. The SMILES string of the molecule is C=CC(=O)OCCCCCCCCCC.CCCCCCCCCC(=O)O. The summed E-state index contributed by atoms with van der Waals surface area (Å²) in [6.07, 6.45) is 19.9. The normalized spacial score (nSPS) is 10.0. The van der Waals surface area contributed by atoms with Crippen LogP contribution in [0.5, 0.6) is 0 Å². The standard InChI is InChI=1S/C13H24O2.C10H20O2/c1-3-5-6-7-8-9-10-11-12-15-13(14)4-2;1-2-3-4-5-6-7-8-9-10(11)12/h4H,2-3,5-12H2,1H3;2-9H2,1H3,(H,11,12). The zero-order chi connectivity index (χ0) is 20.6. The molecule has 0 radical (unpaired) electrons. The van der Waals surface area contributed by atoms with E-state index < -0.39 is 5.97 Å². The summed E-state index contributed by atoms with van der Waals surface area (Å²) >= 11 is 0. The fourth-order valence-corrected chi connectivity index (χ4v) is 2.70. The van der Waals surface area contributed by atoms with Crippen molar-refractivity contribution >= 4 is 11.9 Å². The van der Waals surface area contributed by atoms with Crippen LogP contribution in [-0.2, 0) is 14.3 Å². The van der Waals surface area contributed by atoms with Gasteiger partial charge in [0.05, 0.1) is 6.61 Å². The van der Waals surface area contributed by atoms with Gasteiger partial charge < -0.3 is 9.84 Å². The molecule has 0 spiro atoms. The Morgan fingerprint density at radius 2 is 1.15 bits per heavy atom. The van der Waals surface area contributed by atoms with E-state index in [4.69, 9.17) is 9.84 Å². The minimum absolute atomic E-state index is 0.307. The third kappa shape index (κ3) is 29.7. The Morgan fingerprint density at radius 1 is 0.741 bits per heavy atom. The van der Waals surface area contributed by atoms with Crippen molar-refractivity contribution in [1.82, 2.24) is 0 Å². The second-order valence-electron chi connectivity index (χ2n) is 7.11. The highest BCUT2D eigenvalue weighted by molar-refractivity contribution is 5.81. The quantitative estimate of drug-likeness (QED) is 0.156. The number of esters is 1. The highest BCUT2D eigenvalue weighted by atomic mass is 16.5. The molecular weight excluding hydrogens is 340 g/mol. The zero-order valence-corrected chi connectivity index (χ0v) is 18.0. The fourth-order valence-electron chi connectivity index (χ4n) is 2.70. The van der Waals surface area contributed by atoms with Crippen LogP contribution in [0.25, 0.3) is 0 Å². The molecule has 4 heteroatoms. The van der Waals surface area contributed by atoms with E-state index in [1.165, 1.54) is 76.7 Å². The summed E-state index contributed by atoms with van der Waals surface area (Å²) in [5.74, 6) is -0.971. The molecule has 0 bridgehead atoms. The first-order chi connectivity index (χ1) is 13.1. The molecule has 0 saturated carbocycles. The molecule has 0 aromatic rings. The van der Waals surface area contributed by atoms with Gasteiger partial charge in [0.1, 0.15) is 0 Å². The molecule has 0 aromatic heterocycles. The van der Waals surface area contributed by atoms with E-state index in [-0.39, 0.29) is 5.97 Å². The third-order valence-corrected chi connectivity index (χ3v) is 4.40. The van der Waals surface area contributed by atoms with Gasteiger partial charge in [-0.15, -0.1) is 0 Å². The van der Waals surface area contributed by atoms with Gasteiger partial charge in [0, 0.05) is 12.5 Å². The number of hydrogen-bond donors (Lipinski definition) is 1. The molecule has 0 aromatic carbocycles. The lowest BCUT2D eigenvalue weighted by Crippen LogP contribution is -2.01. The van der Waals surface area contributed by atoms with Crippen molar-refractivity contribution in [3.63, 3.8) is 0 Å². The van der Waals surface area contributed by atoms with Crippen LogP contribution in [0.2, 0.25) is 0 Å². The average Bonchev–Trinajstić information content (AvgIpc) is 2.66. The van der Waals surface area contributed by atoms with Crippen molar-refractivity contribution in [3.05, 3.63) is 12.7 Å². The van der Waals surface area contributed by atoms with Crippen molar-refractivity contribution in [2.75, 3.05) is 6.61 Å². The molecule has 0 heterocycles. The lowest BCUT2D eigenvalue weighted by molar-refractivity contribution is -0.138. The van der Waals surface area contributed by atoms with Crippen LogP contribution in [0.1, 0.15) is 117 Å². The molecule has 0 aliphatic rings. The minimum atomic E-state index is -0.663. The molecular formula is C23H44O4. The molecule has 27 heavy (non-hydrogen) atoms. The molecule has 0 atom stereocenters. The first-order valence-electron chi connectivity index (χ1n) is 11.1. The Bertz CT molecular complexity index is 339. The predicted molar refractivity (Wildman–Crippen MR) is 114 cm³/mol. The van der Waals surface area contributed by atoms with Crippen molar-refractivity contribution in [1.29, 1.82) is 0 Å². The summed E-state index contributed by atoms with van der Waals surface area (Å²) in [6.45, 7) is 8.31. The molecule has 0 saturated heterocycles. The molecule has 0 aliphatic carbocycles. The van der Waals surface area contributed by atoms with E-state index in [0.717, 1.165) is 25.7 Å². The van der Waals surface area contributed by atoms with Crippen LogP contribution >= 0.6 is 0 Å². The van der Waals surface area contributed by atoms with Crippen molar-refractivity contribution in [3.8, 4) is 0 Å². The number of hydrogen-bond acceptors (Lipinski definition) is 3. The van der Waals surface area contributed by atoms with Crippen LogP contribution in [0.15, 0.2) is 12.7 Å². The lowest BCUT2D eigenvalue weighted by atomic mass is 10.1. The van der Waals surface area contributed by atoms with Crippen LogP contribution in [-0.4, -0.2) is 23.7 Å². The first kappa shape index (κ1) is 27.9. The third-order valence-electron chi connectivity index (χ3n) is 4.40. The predicted octanol–water partition coefficient (Wildman–Crippen LogP) is 7.07. The van der Waals surface area contributed by atoms with Crippen LogP contribution in [0, 0.1) is 0 Å². The number of carbonyl (C=O) groups excluding carboxylic acids is 1. The van der Waals surface area contributed by atoms with Gasteiger partial charge in [0.25, 0.3) is 0 Å². The Hall–Kier alpha value is -1.32. The van der Waals surface area contributed by atoms with Crippen molar-refractivity contribution < 1.29 is 19.4 Å². The van der Waals surface area contributed by atoms with E-state index in [1.54, 1.807) is 0 Å². The summed E-state index contributed by atoms with van der Waals surface area (Å²) in [7, 11) is 0. The summed E-state index contributed by atoms with van der Waals surface area (Å²) in [4.78, 5) is 20.8. The Morgan fingerprint density at radius 3 is 1.56 bits per heavy atom. The largest absolute Gasteiger partial charge is 0.481 e. The number of aliphatic carboxylic acids is 1. The topological polar surface area (TPSA) is 63.6 Å². The van der Waals surface area contributed by atoms with E-state index in [1.807, 2.05) is 0 Å². The maximum Gasteiger partial charge on any atom is 0.330 e. The molecule has 1 N–H and O–H groups in total. The van der Waals surface area contributed by atoms with Gasteiger partial charge in [-0.1, -0.05) is 104 Å². The lowest BCUT2D eigenvalue weighted by Gasteiger charge is -2.02. The Labute approximate surface area is 167 Å². The van der Waals surface area contributed by atoms with Gasteiger partial charge in [-0.05, 0) is 12.8 Å². The number of ether oxygens (including phenoxy) is 1. The monoisotopic (exact) mass is 384 g/mol. The molecule has 4 nitrogen and oxygen atoms in total. The number of unbranched alkanes of at least 4 members (excludes halogenated alkanes) is 13. The summed E-state index contributed by atoms with van der Waals surface area (Å²) in [6, 6.07) is 0. The fraction of sp³-hybridized carbons (Fsp3) is 0.826. The highest BCUT2D eigenvalue weighted by Crippen LogP contribution is 2.09. The molecule has 0 unspecified atom stereocenters. The van der Waals surface area contributed by atoms with Gasteiger partial charge >= 0.3 is 11.9 Å². The molecule has 160 valence electrons. The summed E-state index contributed by atoms with van der Waals surface area (Å²) < 4.78 is 4.88. The molecule has 0 amide bonds. The van der Waals surface area contributed by atoms with E-state index >= 15 is 0 Å². The van der Waals surface area contributed by atoms with Gasteiger partial charge in [-0.2, -0.15) is 0 Å². The van der Waals surface area contributed by atoms with E-state index in [2.05, 4.69) is 20.4 Å². The second kappa shape index (κ2) is 24.7. The minimum Gasteiger partial charge on any atom is -0.481 e. The van der Waals surface area contributed by atoms with E-state index in [9.17, 15) is 9.59 Å². The Balaban J connectivity index is 0. The van der Waals surface area contributed by atoms with Crippen LogP contribution < -0.4 is 0 Å². The first-order valence-corrected chi connectivity index (χ1v) is 11.1. The average molecular weight is 385 g/mol. The van der Waals surface area contributed by atoms with Crippen LogP contribution in [0.3, 0.4) is 0 Å². The van der Waals surface area contributed by atoms with Crippen molar-refractivity contribution in [2.24, 2.45) is 0 Å². The van der Waals surface area contributed by atoms with Gasteiger partial charge in [-0.25, -0.2) is 4.79 Å². The number of rotatable bonds is 18. The van der Waals surface area contributed by atoms with Gasteiger partial charge in [0.2, 0.25) is 0 Å². The maximum absolute atomic E-state index is 10.7. The maximum atomic E-state index is 10.7. The van der Waals surface area contributed by atoms with Crippen molar-refractivity contribution in [2.45, 2.75) is 117 Å². The zero-order valence-electron chi connectivity index (χ0n) is 18.0. The van der Waals surface area contributed by atoms with Gasteiger partial charge in [-0.3, -0.25) is 4.79 Å². The smallest absolute Gasteiger partial charge is 0.330 e. The van der Waals surface area contributed by atoms with E-state index in [0.29, 0.717) is 13.0 Å². The molecule has 0 fully saturated rings.